The van der Waals surface area contributed by atoms with E-state index < -0.39 is 86.8 Å². The van der Waals surface area contributed by atoms with Crippen molar-refractivity contribution in [3.8, 4) is 0 Å². The SMILES string of the molecule is CCCCCCC/C=C\C/C=C\CCCCCCCCCCCCCCCCCCCCCCCCCCCCCC(=O)NC(COC1OC(CO)C(OC2OC(CO)C(O)C(O)C2O)C(O)C1O)C(O)/C=C/CCCCCCC. The van der Waals surface area contributed by atoms with Gasteiger partial charge in [-0.25, -0.2) is 0 Å². The van der Waals surface area contributed by atoms with E-state index in [4.69, 9.17) is 18.9 Å². The van der Waals surface area contributed by atoms with Gasteiger partial charge in [-0.3, -0.25) is 4.79 Å². The molecule has 14 nitrogen and oxygen atoms in total. The van der Waals surface area contributed by atoms with Crippen LogP contribution in [0.3, 0.4) is 0 Å². The highest BCUT2D eigenvalue weighted by atomic mass is 16.7. The first kappa shape index (κ1) is 74.3. The van der Waals surface area contributed by atoms with Crippen LogP contribution in [0.15, 0.2) is 36.5 Å². The van der Waals surface area contributed by atoms with E-state index in [1.54, 1.807) is 6.08 Å². The molecule has 14 heteroatoms. The first-order valence-electron chi connectivity index (χ1n) is 33.2. The van der Waals surface area contributed by atoms with E-state index in [2.05, 4.69) is 43.5 Å². The van der Waals surface area contributed by atoms with Crippen molar-refractivity contribution in [1.82, 2.24) is 5.32 Å². The lowest BCUT2D eigenvalue weighted by Gasteiger charge is -2.46. The van der Waals surface area contributed by atoms with Crippen LogP contribution in [0.25, 0.3) is 0 Å². The van der Waals surface area contributed by atoms with Gasteiger partial charge in [0.2, 0.25) is 5.91 Å². The van der Waals surface area contributed by atoms with Crippen LogP contribution >= 0.6 is 0 Å². The van der Waals surface area contributed by atoms with Gasteiger partial charge in [0.1, 0.15) is 48.8 Å². The number of aliphatic hydroxyl groups excluding tert-OH is 8. The third-order valence-corrected chi connectivity index (χ3v) is 16.3. The Balaban J connectivity index is 1.48. The summed E-state index contributed by atoms with van der Waals surface area (Å²) in [5.74, 6) is -0.239. The Labute approximate surface area is 487 Å². The molecule has 470 valence electrons. The van der Waals surface area contributed by atoms with Crippen molar-refractivity contribution in [3.05, 3.63) is 36.5 Å². The largest absolute Gasteiger partial charge is 0.394 e. The molecule has 0 aliphatic carbocycles. The number of nitrogens with one attached hydrogen (secondary N) is 1. The minimum absolute atomic E-state index is 0.239. The second-order valence-corrected chi connectivity index (χ2v) is 23.6. The quantitative estimate of drug-likeness (QED) is 0.0204. The van der Waals surface area contributed by atoms with Gasteiger partial charge in [-0.2, -0.15) is 0 Å². The van der Waals surface area contributed by atoms with E-state index in [0.29, 0.717) is 6.42 Å². The van der Waals surface area contributed by atoms with Gasteiger partial charge in [0.25, 0.3) is 0 Å². The predicted molar refractivity (Wildman–Crippen MR) is 323 cm³/mol. The van der Waals surface area contributed by atoms with E-state index in [0.717, 1.165) is 57.8 Å². The zero-order valence-electron chi connectivity index (χ0n) is 50.8. The summed E-state index contributed by atoms with van der Waals surface area (Å²) < 4.78 is 22.7. The van der Waals surface area contributed by atoms with Gasteiger partial charge < -0.3 is 65.1 Å². The molecule has 0 radical (unpaired) electrons. The molecule has 0 spiro atoms. The van der Waals surface area contributed by atoms with E-state index in [-0.39, 0.29) is 18.9 Å². The highest BCUT2D eigenvalue weighted by molar-refractivity contribution is 5.76. The van der Waals surface area contributed by atoms with Crippen molar-refractivity contribution in [2.75, 3.05) is 19.8 Å². The Morgan fingerprint density at radius 2 is 0.825 bits per heavy atom. The number of hydrogen-bond acceptors (Lipinski definition) is 13. The molecule has 2 heterocycles. The molecule has 0 bridgehead atoms. The van der Waals surface area contributed by atoms with E-state index in [1.807, 2.05) is 6.08 Å². The molecule has 0 aromatic rings. The third-order valence-electron chi connectivity index (χ3n) is 16.3. The summed E-state index contributed by atoms with van der Waals surface area (Å²) in [6, 6.07) is -0.909. The van der Waals surface area contributed by atoms with Crippen LogP contribution < -0.4 is 5.32 Å². The summed E-state index contributed by atoms with van der Waals surface area (Å²) in [6.07, 6.45) is 48.5. The van der Waals surface area contributed by atoms with E-state index >= 15 is 0 Å². The standard InChI is InChI=1S/C66H123NO13/c1-3-5-7-9-11-12-13-14-15-16-17-18-19-20-21-22-23-24-25-26-27-28-29-30-31-32-33-34-35-36-37-38-39-40-41-42-44-46-48-50-58(71)67-54(55(70)49-47-45-43-10-8-6-4-2)53-77-65-63(76)61(74)64(57(52-69)79-65)80-66-62(75)60(73)59(72)56(51-68)78-66/h13-14,16-17,47,49,54-57,59-66,68-70,72-76H,3-12,15,18-46,48,50-53H2,1-2H3,(H,67,71)/b14-13-,17-16-,49-47+. The molecule has 12 atom stereocenters. The van der Waals surface area contributed by atoms with Crippen molar-refractivity contribution >= 4 is 5.91 Å². The molecule has 12 unspecified atom stereocenters. The summed E-state index contributed by atoms with van der Waals surface area (Å²) in [5, 5.41) is 86.7. The highest BCUT2D eigenvalue weighted by Crippen LogP contribution is 2.30. The van der Waals surface area contributed by atoms with Crippen molar-refractivity contribution in [1.29, 1.82) is 0 Å². The minimum atomic E-state index is -1.79. The number of rotatable bonds is 54. The molecule has 9 N–H and O–H groups in total. The smallest absolute Gasteiger partial charge is 0.220 e. The maximum Gasteiger partial charge on any atom is 0.220 e. The number of carbonyl (C=O) groups is 1. The van der Waals surface area contributed by atoms with E-state index in [1.165, 1.54) is 199 Å². The molecule has 1 amide bonds. The number of aliphatic hydroxyl groups is 8. The molecular formula is C66H123NO13. The summed E-state index contributed by atoms with van der Waals surface area (Å²) in [4.78, 5) is 13.2. The van der Waals surface area contributed by atoms with Crippen molar-refractivity contribution < 1.29 is 64.6 Å². The second-order valence-electron chi connectivity index (χ2n) is 23.6. The summed E-state index contributed by atoms with van der Waals surface area (Å²) in [5.41, 5.74) is 0. The summed E-state index contributed by atoms with van der Waals surface area (Å²) in [7, 11) is 0. The fourth-order valence-corrected chi connectivity index (χ4v) is 11.0. The van der Waals surface area contributed by atoms with Gasteiger partial charge in [0.15, 0.2) is 12.6 Å². The number of hydrogen-bond donors (Lipinski definition) is 9. The Hall–Kier alpha value is -1.79. The highest BCUT2D eigenvalue weighted by Gasteiger charge is 2.51. The Morgan fingerprint density at radius 3 is 1.25 bits per heavy atom. The average molecular weight is 1140 g/mol. The molecule has 2 rings (SSSR count). The lowest BCUT2D eigenvalue weighted by atomic mass is 9.97. The van der Waals surface area contributed by atoms with Gasteiger partial charge in [0, 0.05) is 6.42 Å². The molecule has 0 aromatic heterocycles. The molecule has 2 aliphatic heterocycles. The number of amides is 1. The van der Waals surface area contributed by atoms with Gasteiger partial charge in [0.05, 0.1) is 32.0 Å². The van der Waals surface area contributed by atoms with Gasteiger partial charge in [-0.05, 0) is 51.4 Å². The van der Waals surface area contributed by atoms with Gasteiger partial charge in [-0.1, -0.05) is 262 Å². The van der Waals surface area contributed by atoms with Crippen LogP contribution in [0.1, 0.15) is 284 Å². The Morgan fingerprint density at radius 1 is 0.450 bits per heavy atom. The lowest BCUT2D eigenvalue weighted by Crippen LogP contribution is -2.65. The van der Waals surface area contributed by atoms with Crippen molar-refractivity contribution in [3.63, 3.8) is 0 Å². The number of allylic oxidation sites excluding steroid dienone is 5. The van der Waals surface area contributed by atoms with Gasteiger partial charge in [-0.15, -0.1) is 0 Å². The molecule has 0 aromatic carbocycles. The van der Waals surface area contributed by atoms with Crippen LogP contribution in [0.5, 0.6) is 0 Å². The third kappa shape index (κ3) is 36.1. The van der Waals surface area contributed by atoms with Crippen molar-refractivity contribution in [2.24, 2.45) is 0 Å². The first-order valence-corrected chi connectivity index (χ1v) is 33.2. The zero-order chi connectivity index (χ0) is 58.1. The van der Waals surface area contributed by atoms with Crippen LogP contribution in [-0.4, -0.2) is 140 Å². The molecule has 2 saturated heterocycles. The fraction of sp³-hybridized carbons (Fsp3) is 0.894. The normalized spacial score (nSPS) is 24.4. The Kier molecular flexibility index (Phi) is 47.9. The number of ether oxygens (including phenoxy) is 4. The molecule has 2 fully saturated rings. The summed E-state index contributed by atoms with van der Waals surface area (Å²) >= 11 is 0. The summed E-state index contributed by atoms with van der Waals surface area (Å²) in [6.45, 7) is 2.73. The van der Waals surface area contributed by atoms with E-state index in [9.17, 15) is 45.6 Å². The molecule has 0 saturated carbocycles. The molecule has 2 aliphatic rings. The predicted octanol–water partition coefficient (Wildman–Crippen LogP) is 12.6. The topological polar surface area (TPSA) is 228 Å². The maximum absolute atomic E-state index is 13.2. The lowest BCUT2D eigenvalue weighted by molar-refractivity contribution is -0.359. The second kappa shape index (κ2) is 51.6. The fourth-order valence-electron chi connectivity index (χ4n) is 11.0. The minimum Gasteiger partial charge on any atom is -0.394 e. The van der Waals surface area contributed by atoms with Crippen LogP contribution in [0.2, 0.25) is 0 Å². The van der Waals surface area contributed by atoms with Crippen LogP contribution in [-0.2, 0) is 23.7 Å². The Bertz CT molecular complexity index is 1480. The van der Waals surface area contributed by atoms with Gasteiger partial charge >= 0.3 is 0 Å². The number of carbonyl (C=O) groups excluding carboxylic acids is 1. The number of unbranched alkanes of at least 4 members (excludes halogenated alkanes) is 37. The monoisotopic (exact) mass is 1140 g/mol. The van der Waals surface area contributed by atoms with Crippen LogP contribution in [0, 0.1) is 0 Å². The average Bonchev–Trinajstić information content (AvgIpc) is 3.48. The maximum atomic E-state index is 13.2. The van der Waals surface area contributed by atoms with Crippen molar-refractivity contribution in [2.45, 2.75) is 357 Å². The zero-order valence-corrected chi connectivity index (χ0v) is 50.8. The van der Waals surface area contributed by atoms with Crippen LogP contribution in [0.4, 0.5) is 0 Å². The molecular weight excluding hydrogens is 1010 g/mol. The first-order chi connectivity index (χ1) is 39.1. The molecule has 80 heavy (non-hydrogen) atoms.